The average molecular weight is 362 g/mol. The van der Waals surface area contributed by atoms with Gasteiger partial charge in [-0.05, 0) is 61.7 Å². The van der Waals surface area contributed by atoms with E-state index in [2.05, 4.69) is 21.2 Å². The standard InChI is InChI=1S/C18H20BrNO2/c1-4-16(22-17-11-12(2)5-6-13(17)3)18(21)20-15-9-7-14(19)8-10-15/h5-11,16H,4H2,1-3H3,(H,20,21)/t16-/m1/s1. The minimum absolute atomic E-state index is 0.134. The molecule has 2 aromatic rings. The van der Waals surface area contributed by atoms with Gasteiger partial charge in [0, 0.05) is 10.2 Å². The second-order valence-electron chi connectivity index (χ2n) is 5.28. The first kappa shape index (κ1) is 16.6. The average Bonchev–Trinajstić information content (AvgIpc) is 2.50. The fourth-order valence-electron chi connectivity index (χ4n) is 2.07. The van der Waals surface area contributed by atoms with Gasteiger partial charge in [-0.1, -0.05) is 35.0 Å². The van der Waals surface area contributed by atoms with E-state index < -0.39 is 6.10 Å². The van der Waals surface area contributed by atoms with Gasteiger partial charge in [0.05, 0.1) is 0 Å². The zero-order valence-electron chi connectivity index (χ0n) is 13.0. The number of anilines is 1. The van der Waals surface area contributed by atoms with Crippen LogP contribution in [-0.4, -0.2) is 12.0 Å². The van der Waals surface area contributed by atoms with Gasteiger partial charge in [-0.15, -0.1) is 0 Å². The maximum atomic E-state index is 12.4. The molecule has 0 aromatic heterocycles. The topological polar surface area (TPSA) is 38.3 Å². The summed E-state index contributed by atoms with van der Waals surface area (Å²) >= 11 is 3.38. The van der Waals surface area contributed by atoms with E-state index in [0.29, 0.717) is 6.42 Å². The van der Waals surface area contributed by atoms with Crippen molar-refractivity contribution in [3.63, 3.8) is 0 Å². The largest absolute Gasteiger partial charge is 0.480 e. The highest BCUT2D eigenvalue weighted by Gasteiger charge is 2.19. The molecule has 0 radical (unpaired) electrons. The van der Waals surface area contributed by atoms with Crippen molar-refractivity contribution in [3.8, 4) is 5.75 Å². The van der Waals surface area contributed by atoms with E-state index in [1.165, 1.54) is 0 Å². The van der Waals surface area contributed by atoms with Crippen molar-refractivity contribution in [2.24, 2.45) is 0 Å². The van der Waals surface area contributed by atoms with E-state index in [9.17, 15) is 4.79 Å². The fourth-order valence-corrected chi connectivity index (χ4v) is 2.33. The third-order valence-electron chi connectivity index (χ3n) is 3.39. The smallest absolute Gasteiger partial charge is 0.265 e. The lowest BCUT2D eigenvalue weighted by Gasteiger charge is -2.19. The zero-order chi connectivity index (χ0) is 16.1. The van der Waals surface area contributed by atoms with Gasteiger partial charge in [-0.3, -0.25) is 4.79 Å². The van der Waals surface area contributed by atoms with Crippen molar-refractivity contribution in [2.75, 3.05) is 5.32 Å². The number of carbonyl (C=O) groups is 1. The molecule has 1 atom stereocenters. The predicted molar refractivity (Wildman–Crippen MR) is 93.4 cm³/mol. The lowest BCUT2D eigenvalue weighted by atomic mass is 10.1. The van der Waals surface area contributed by atoms with Gasteiger partial charge in [0.1, 0.15) is 5.75 Å². The van der Waals surface area contributed by atoms with E-state index in [1.54, 1.807) is 0 Å². The molecule has 116 valence electrons. The summed E-state index contributed by atoms with van der Waals surface area (Å²) in [4.78, 5) is 12.4. The summed E-state index contributed by atoms with van der Waals surface area (Å²) < 4.78 is 6.89. The maximum Gasteiger partial charge on any atom is 0.265 e. The first-order chi connectivity index (χ1) is 10.5. The van der Waals surface area contributed by atoms with E-state index in [4.69, 9.17) is 4.74 Å². The van der Waals surface area contributed by atoms with Crippen molar-refractivity contribution < 1.29 is 9.53 Å². The molecule has 0 aliphatic carbocycles. The van der Waals surface area contributed by atoms with Crippen LogP contribution in [0.1, 0.15) is 24.5 Å². The number of benzene rings is 2. The van der Waals surface area contributed by atoms with Crippen LogP contribution in [0.25, 0.3) is 0 Å². The highest BCUT2D eigenvalue weighted by Crippen LogP contribution is 2.22. The summed E-state index contributed by atoms with van der Waals surface area (Å²) in [5, 5.41) is 2.89. The predicted octanol–water partition coefficient (Wildman–Crippen LogP) is 4.86. The fraction of sp³-hybridized carbons (Fsp3) is 0.278. The number of amides is 1. The Labute approximate surface area is 139 Å². The second kappa shape index (κ2) is 7.45. The number of halogens is 1. The lowest BCUT2D eigenvalue weighted by molar-refractivity contribution is -0.122. The van der Waals surface area contributed by atoms with Crippen LogP contribution in [0.2, 0.25) is 0 Å². The summed E-state index contributed by atoms with van der Waals surface area (Å²) in [6.45, 7) is 5.93. The summed E-state index contributed by atoms with van der Waals surface area (Å²) in [6, 6.07) is 13.5. The van der Waals surface area contributed by atoms with Gasteiger partial charge in [0.15, 0.2) is 6.10 Å². The van der Waals surface area contributed by atoms with Gasteiger partial charge in [-0.2, -0.15) is 0 Å². The Morgan fingerprint density at radius 2 is 1.86 bits per heavy atom. The van der Waals surface area contributed by atoms with Crippen molar-refractivity contribution in [1.29, 1.82) is 0 Å². The highest BCUT2D eigenvalue weighted by atomic mass is 79.9. The molecule has 1 N–H and O–H groups in total. The lowest BCUT2D eigenvalue weighted by Crippen LogP contribution is -2.32. The van der Waals surface area contributed by atoms with Gasteiger partial charge < -0.3 is 10.1 Å². The number of carbonyl (C=O) groups excluding carboxylic acids is 1. The number of nitrogens with one attached hydrogen (secondary N) is 1. The second-order valence-corrected chi connectivity index (χ2v) is 6.20. The quantitative estimate of drug-likeness (QED) is 0.825. The Morgan fingerprint density at radius 1 is 1.18 bits per heavy atom. The van der Waals surface area contributed by atoms with Crippen LogP contribution in [0.15, 0.2) is 46.9 Å². The van der Waals surface area contributed by atoms with Crippen molar-refractivity contribution in [3.05, 3.63) is 58.1 Å². The Hall–Kier alpha value is -1.81. The molecule has 0 aliphatic heterocycles. The molecule has 0 bridgehead atoms. The molecule has 0 saturated carbocycles. The van der Waals surface area contributed by atoms with E-state index in [1.807, 2.05) is 63.2 Å². The van der Waals surface area contributed by atoms with E-state index >= 15 is 0 Å². The molecule has 22 heavy (non-hydrogen) atoms. The molecule has 0 unspecified atom stereocenters. The summed E-state index contributed by atoms with van der Waals surface area (Å²) in [7, 11) is 0. The van der Waals surface area contributed by atoms with E-state index in [0.717, 1.165) is 27.0 Å². The number of hydrogen-bond acceptors (Lipinski definition) is 2. The van der Waals surface area contributed by atoms with Crippen LogP contribution in [-0.2, 0) is 4.79 Å². The number of ether oxygens (including phenoxy) is 1. The minimum atomic E-state index is -0.510. The van der Waals surface area contributed by atoms with Crippen LogP contribution < -0.4 is 10.1 Å². The zero-order valence-corrected chi connectivity index (χ0v) is 14.6. The summed E-state index contributed by atoms with van der Waals surface area (Å²) in [5.74, 6) is 0.628. The van der Waals surface area contributed by atoms with Gasteiger partial charge in [0.25, 0.3) is 5.91 Å². The van der Waals surface area contributed by atoms with Crippen molar-refractivity contribution in [1.82, 2.24) is 0 Å². The molecule has 2 aromatic carbocycles. The first-order valence-electron chi connectivity index (χ1n) is 7.30. The van der Waals surface area contributed by atoms with Gasteiger partial charge in [-0.25, -0.2) is 0 Å². The Bertz CT molecular complexity index is 653. The number of hydrogen-bond donors (Lipinski definition) is 1. The van der Waals surface area contributed by atoms with Crippen LogP contribution >= 0.6 is 15.9 Å². The third-order valence-corrected chi connectivity index (χ3v) is 3.92. The normalized spacial score (nSPS) is 11.8. The molecule has 0 spiro atoms. The summed E-state index contributed by atoms with van der Waals surface area (Å²) in [6.07, 6.45) is 0.0968. The van der Waals surface area contributed by atoms with Crippen molar-refractivity contribution >= 4 is 27.5 Å². The molecule has 0 saturated heterocycles. The molecular formula is C18H20BrNO2. The Kier molecular flexibility index (Phi) is 5.61. The molecule has 3 nitrogen and oxygen atoms in total. The van der Waals surface area contributed by atoms with Crippen molar-refractivity contribution in [2.45, 2.75) is 33.3 Å². The SMILES string of the molecule is CC[C@@H](Oc1cc(C)ccc1C)C(=O)Nc1ccc(Br)cc1. The number of rotatable bonds is 5. The summed E-state index contributed by atoms with van der Waals surface area (Å²) in [5.41, 5.74) is 2.90. The van der Waals surface area contributed by atoms with Crippen LogP contribution in [0.5, 0.6) is 5.75 Å². The highest BCUT2D eigenvalue weighted by molar-refractivity contribution is 9.10. The minimum Gasteiger partial charge on any atom is -0.480 e. The molecule has 0 fully saturated rings. The third kappa shape index (κ3) is 4.34. The number of aryl methyl sites for hydroxylation is 2. The maximum absolute atomic E-state index is 12.4. The Balaban J connectivity index is 2.08. The van der Waals surface area contributed by atoms with E-state index in [-0.39, 0.29) is 5.91 Å². The van der Waals surface area contributed by atoms with Gasteiger partial charge >= 0.3 is 0 Å². The molecule has 0 heterocycles. The van der Waals surface area contributed by atoms with Gasteiger partial charge in [0.2, 0.25) is 0 Å². The van der Waals surface area contributed by atoms with Crippen LogP contribution in [0.3, 0.4) is 0 Å². The first-order valence-corrected chi connectivity index (χ1v) is 8.09. The van der Waals surface area contributed by atoms with Crippen LogP contribution in [0.4, 0.5) is 5.69 Å². The molecule has 0 aliphatic rings. The molecule has 2 rings (SSSR count). The molecular weight excluding hydrogens is 342 g/mol. The molecule has 1 amide bonds. The van der Waals surface area contributed by atoms with Crippen LogP contribution in [0, 0.1) is 13.8 Å². The Morgan fingerprint density at radius 3 is 2.50 bits per heavy atom. The monoisotopic (exact) mass is 361 g/mol. The molecule has 4 heteroatoms.